The molecule has 3 heteroatoms. The quantitative estimate of drug-likeness (QED) is 0.738. The second kappa shape index (κ2) is 4.09. The summed E-state index contributed by atoms with van der Waals surface area (Å²) < 4.78 is 1.64. The highest BCUT2D eigenvalue weighted by molar-refractivity contribution is 5.21. The number of hydrogen-bond acceptors (Lipinski definition) is 2. The van der Waals surface area contributed by atoms with Gasteiger partial charge in [-0.25, -0.2) is 0 Å². The van der Waals surface area contributed by atoms with E-state index in [0.29, 0.717) is 6.54 Å². The summed E-state index contributed by atoms with van der Waals surface area (Å²) in [6, 6.07) is 8.15. The Labute approximate surface area is 88.0 Å². The maximum atomic E-state index is 11.4. The number of hydrogen-bond donors (Lipinski definition) is 0. The van der Waals surface area contributed by atoms with Crippen LogP contribution in [0.3, 0.4) is 0 Å². The van der Waals surface area contributed by atoms with E-state index >= 15 is 0 Å². The van der Waals surface area contributed by atoms with E-state index in [4.69, 9.17) is 0 Å². The first-order valence-electron chi connectivity index (χ1n) is 4.82. The van der Waals surface area contributed by atoms with Crippen LogP contribution in [0.2, 0.25) is 0 Å². The van der Waals surface area contributed by atoms with Crippen molar-refractivity contribution in [1.29, 1.82) is 0 Å². The molecule has 0 atom stereocenters. The average molecular weight is 200 g/mol. The summed E-state index contributed by atoms with van der Waals surface area (Å²) in [6.07, 6.45) is 4.64. The molecule has 1 heterocycles. The minimum Gasteiger partial charge on any atom is -0.308 e. The third-order valence-corrected chi connectivity index (χ3v) is 2.27. The van der Waals surface area contributed by atoms with Gasteiger partial charge in [0.15, 0.2) is 0 Å². The molecule has 0 aliphatic rings. The van der Waals surface area contributed by atoms with Crippen LogP contribution in [0.15, 0.2) is 47.7 Å². The second-order valence-corrected chi connectivity index (χ2v) is 3.53. The lowest BCUT2D eigenvalue weighted by atomic mass is 10.1. The van der Waals surface area contributed by atoms with Crippen molar-refractivity contribution in [2.45, 2.75) is 13.5 Å². The maximum Gasteiger partial charge on any atom is 0.269 e. The van der Waals surface area contributed by atoms with Crippen molar-refractivity contribution >= 4 is 0 Å². The molecule has 2 rings (SSSR count). The molecule has 0 aliphatic carbocycles. The predicted molar refractivity (Wildman–Crippen MR) is 58.8 cm³/mol. The number of aryl methyl sites for hydroxylation is 1. The van der Waals surface area contributed by atoms with Crippen LogP contribution in [0.1, 0.15) is 11.1 Å². The summed E-state index contributed by atoms with van der Waals surface area (Å²) in [6.45, 7) is 2.64. The minimum atomic E-state index is -0.0712. The van der Waals surface area contributed by atoms with Gasteiger partial charge in [0.2, 0.25) is 0 Å². The van der Waals surface area contributed by atoms with Crippen molar-refractivity contribution in [3.8, 4) is 0 Å². The first-order valence-corrected chi connectivity index (χ1v) is 4.82. The first-order chi connectivity index (χ1) is 7.25. The largest absolute Gasteiger partial charge is 0.308 e. The molecule has 2 aromatic rings. The maximum absolute atomic E-state index is 11.4. The minimum absolute atomic E-state index is 0.0712. The SMILES string of the molecule is Cc1ccc(Cn2ccncc2=O)cc1. The average Bonchev–Trinajstić information content (AvgIpc) is 2.25. The van der Waals surface area contributed by atoms with Gasteiger partial charge in [0.25, 0.3) is 5.56 Å². The van der Waals surface area contributed by atoms with E-state index in [1.807, 2.05) is 31.2 Å². The summed E-state index contributed by atoms with van der Waals surface area (Å²) >= 11 is 0. The van der Waals surface area contributed by atoms with E-state index in [2.05, 4.69) is 4.98 Å². The molecule has 1 aromatic carbocycles. The molecule has 15 heavy (non-hydrogen) atoms. The second-order valence-electron chi connectivity index (χ2n) is 3.53. The lowest BCUT2D eigenvalue weighted by Gasteiger charge is -2.04. The molecule has 0 radical (unpaired) electrons. The highest BCUT2D eigenvalue weighted by Crippen LogP contribution is 2.03. The van der Waals surface area contributed by atoms with Crippen LogP contribution >= 0.6 is 0 Å². The molecule has 0 saturated carbocycles. The smallest absolute Gasteiger partial charge is 0.269 e. The number of rotatable bonds is 2. The number of aromatic nitrogens is 2. The summed E-state index contributed by atoms with van der Waals surface area (Å²) in [7, 11) is 0. The molecule has 0 fully saturated rings. The van der Waals surface area contributed by atoms with Crippen LogP contribution in [0.25, 0.3) is 0 Å². The van der Waals surface area contributed by atoms with Gasteiger partial charge >= 0.3 is 0 Å². The third-order valence-electron chi connectivity index (χ3n) is 2.27. The molecule has 1 aromatic heterocycles. The Hall–Kier alpha value is -1.90. The molecule has 76 valence electrons. The van der Waals surface area contributed by atoms with Crippen LogP contribution in [0.4, 0.5) is 0 Å². The molecular formula is C12H12N2O. The van der Waals surface area contributed by atoms with E-state index in [1.165, 1.54) is 11.8 Å². The Morgan fingerprint density at radius 1 is 1.27 bits per heavy atom. The van der Waals surface area contributed by atoms with Gasteiger partial charge in [-0.2, -0.15) is 0 Å². The van der Waals surface area contributed by atoms with Gasteiger partial charge in [-0.1, -0.05) is 29.8 Å². The fourth-order valence-electron chi connectivity index (χ4n) is 1.39. The Morgan fingerprint density at radius 3 is 2.67 bits per heavy atom. The Morgan fingerprint density at radius 2 is 2.00 bits per heavy atom. The Balaban J connectivity index is 2.26. The van der Waals surface area contributed by atoms with Crippen molar-refractivity contribution in [1.82, 2.24) is 9.55 Å². The molecule has 0 bridgehead atoms. The van der Waals surface area contributed by atoms with E-state index in [9.17, 15) is 4.79 Å². The third kappa shape index (κ3) is 2.31. The summed E-state index contributed by atoms with van der Waals surface area (Å²) in [5.41, 5.74) is 2.27. The van der Waals surface area contributed by atoms with Gasteiger partial charge in [0, 0.05) is 12.4 Å². The lowest BCUT2D eigenvalue weighted by Crippen LogP contribution is -2.19. The van der Waals surface area contributed by atoms with Crippen molar-refractivity contribution in [2.24, 2.45) is 0 Å². The summed E-state index contributed by atoms with van der Waals surface area (Å²) in [5.74, 6) is 0. The fraction of sp³-hybridized carbons (Fsp3) is 0.167. The molecular weight excluding hydrogens is 188 g/mol. The van der Waals surface area contributed by atoms with Gasteiger partial charge in [-0.05, 0) is 12.5 Å². The first kappa shape index (κ1) is 9.65. The van der Waals surface area contributed by atoms with Gasteiger partial charge in [-0.3, -0.25) is 9.78 Å². The molecule has 0 unspecified atom stereocenters. The zero-order chi connectivity index (χ0) is 10.7. The summed E-state index contributed by atoms with van der Waals surface area (Å²) in [5, 5.41) is 0. The van der Waals surface area contributed by atoms with Crippen LogP contribution in [-0.4, -0.2) is 9.55 Å². The van der Waals surface area contributed by atoms with Gasteiger partial charge < -0.3 is 4.57 Å². The highest BCUT2D eigenvalue weighted by Gasteiger charge is 1.96. The van der Waals surface area contributed by atoms with Crippen molar-refractivity contribution in [2.75, 3.05) is 0 Å². The topological polar surface area (TPSA) is 34.9 Å². The van der Waals surface area contributed by atoms with E-state index in [1.54, 1.807) is 17.0 Å². The standard InChI is InChI=1S/C12H12N2O/c1-10-2-4-11(5-3-10)9-14-7-6-13-8-12(14)15/h2-8H,9H2,1H3. The van der Waals surface area contributed by atoms with Crippen molar-refractivity contribution in [3.05, 3.63) is 64.3 Å². The van der Waals surface area contributed by atoms with Gasteiger partial charge in [-0.15, -0.1) is 0 Å². The Kier molecular flexibility index (Phi) is 2.63. The molecule has 0 aliphatic heterocycles. The van der Waals surface area contributed by atoms with Gasteiger partial charge in [0.1, 0.15) is 0 Å². The zero-order valence-electron chi connectivity index (χ0n) is 8.55. The van der Waals surface area contributed by atoms with Crippen LogP contribution < -0.4 is 5.56 Å². The normalized spacial score (nSPS) is 10.2. The number of nitrogens with zero attached hydrogens (tertiary/aromatic N) is 2. The highest BCUT2D eigenvalue weighted by atomic mass is 16.1. The van der Waals surface area contributed by atoms with Crippen LogP contribution in [0.5, 0.6) is 0 Å². The monoisotopic (exact) mass is 200 g/mol. The van der Waals surface area contributed by atoms with E-state index in [-0.39, 0.29) is 5.56 Å². The molecule has 0 amide bonds. The van der Waals surface area contributed by atoms with Crippen molar-refractivity contribution in [3.63, 3.8) is 0 Å². The molecule has 0 spiro atoms. The number of benzene rings is 1. The Bertz CT molecular complexity index is 500. The van der Waals surface area contributed by atoms with E-state index < -0.39 is 0 Å². The molecule has 0 saturated heterocycles. The molecule has 0 N–H and O–H groups in total. The fourth-order valence-corrected chi connectivity index (χ4v) is 1.39. The lowest BCUT2D eigenvalue weighted by molar-refractivity contribution is 0.748. The van der Waals surface area contributed by atoms with Crippen LogP contribution in [0, 0.1) is 6.92 Å². The molecule has 3 nitrogen and oxygen atoms in total. The van der Waals surface area contributed by atoms with Crippen LogP contribution in [-0.2, 0) is 6.54 Å². The van der Waals surface area contributed by atoms with E-state index in [0.717, 1.165) is 5.56 Å². The summed E-state index contributed by atoms with van der Waals surface area (Å²) in [4.78, 5) is 15.2. The predicted octanol–water partition coefficient (Wildman–Crippen LogP) is 1.60. The van der Waals surface area contributed by atoms with Gasteiger partial charge in [0.05, 0.1) is 12.7 Å². The zero-order valence-corrected chi connectivity index (χ0v) is 8.55. The van der Waals surface area contributed by atoms with Crippen molar-refractivity contribution < 1.29 is 0 Å².